The number of alkyl halides is 3. The molecule has 0 fully saturated rings. The van der Waals surface area contributed by atoms with E-state index < -0.39 is 52.0 Å². The molecule has 1 N–H and O–H groups in total. The van der Waals surface area contributed by atoms with Gasteiger partial charge < -0.3 is 10.1 Å². The first-order chi connectivity index (χ1) is 13.1. The summed E-state index contributed by atoms with van der Waals surface area (Å²) in [5.41, 5.74) is -2.52. The van der Waals surface area contributed by atoms with E-state index in [-0.39, 0.29) is 16.6 Å². The number of nitriles is 2. The molecule has 2 aromatic carbocycles. The molecule has 0 aliphatic carbocycles. The molecule has 0 amide bonds. The SMILES string of the molecule is N#CC(C#N)=CNc1c(F)cc(Br)cc1Oc1c(F)cc(C(F)(F)F)cc1F. The Bertz CT molecular complexity index is 998. The third kappa shape index (κ3) is 4.75. The maximum Gasteiger partial charge on any atom is 0.416 e. The molecule has 2 aromatic rings. The second-order valence-corrected chi connectivity index (χ2v) is 5.97. The van der Waals surface area contributed by atoms with Crippen LogP contribution in [0.25, 0.3) is 0 Å². The Morgan fingerprint density at radius 2 is 1.57 bits per heavy atom. The van der Waals surface area contributed by atoms with E-state index in [0.29, 0.717) is 0 Å². The van der Waals surface area contributed by atoms with Crippen LogP contribution in [0, 0.1) is 40.1 Å². The third-order valence-corrected chi connectivity index (χ3v) is 3.62. The molecule has 0 heterocycles. The number of ether oxygens (including phenoxy) is 1. The molecular formula is C17H6BrF6N3O. The largest absolute Gasteiger partial charge is 0.449 e. The lowest BCUT2D eigenvalue weighted by Gasteiger charge is -2.15. The van der Waals surface area contributed by atoms with Crippen LogP contribution in [0.2, 0.25) is 0 Å². The van der Waals surface area contributed by atoms with Crippen molar-refractivity contribution in [2.24, 2.45) is 0 Å². The van der Waals surface area contributed by atoms with E-state index in [4.69, 9.17) is 15.3 Å². The summed E-state index contributed by atoms with van der Waals surface area (Å²) < 4.78 is 85.1. The number of rotatable bonds is 4. The van der Waals surface area contributed by atoms with Crippen molar-refractivity contribution in [2.45, 2.75) is 6.18 Å². The van der Waals surface area contributed by atoms with Gasteiger partial charge in [0.2, 0.25) is 0 Å². The first kappa shape index (κ1) is 21.1. The molecule has 0 aliphatic heterocycles. The highest BCUT2D eigenvalue weighted by Crippen LogP contribution is 2.39. The summed E-state index contributed by atoms with van der Waals surface area (Å²) >= 11 is 2.94. The topological polar surface area (TPSA) is 68.8 Å². The molecule has 4 nitrogen and oxygen atoms in total. The monoisotopic (exact) mass is 461 g/mol. The summed E-state index contributed by atoms with van der Waals surface area (Å²) in [6.45, 7) is 0. The van der Waals surface area contributed by atoms with Gasteiger partial charge in [-0.25, -0.2) is 13.2 Å². The molecule has 0 spiro atoms. The molecule has 28 heavy (non-hydrogen) atoms. The lowest BCUT2D eigenvalue weighted by Crippen LogP contribution is -2.07. The Balaban J connectivity index is 2.51. The molecule has 0 bridgehead atoms. The normalized spacial score (nSPS) is 10.6. The van der Waals surface area contributed by atoms with Crippen LogP contribution in [0.15, 0.2) is 40.5 Å². The molecule has 0 radical (unpaired) electrons. The molecule has 2 rings (SSSR count). The molecule has 0 aromatic heterocycles. The van der Waals surface area contributed by atoms with Crippen LogP contribution in [0.3, 0.4) is 0 Å². The Kier molecular flexibility index (Phi) is 6.21. The van der Waals surface area contributed by atoms with E-state index in [1.165, 1.54) is 12.1 Å². The minimum atomic E-state index is -4.98. The molecule has 0 aliphatic rings. The Morgan fingerprint density at radius 1 is 1.00 bits per heavy atom. The highest BCUT2D eigenvalue weighted by atomic mass is 79.9. The summed E-state index contributed by atoms with van der Waals surface area (Å²) in [5.74, 6) is -6.04. The summed E-state index contributed by atoms with van der Waals surface area (Å²) in [6, 6.07) is 5.08. The molecule has 144 valence electrons. The first-order valence-corrected chi connectivity index (χ1v) is 7.86. The van der Waals surface area contributed by atoms with Crippen LogP contribution in [-0.2, 0) is 6.18 Å². The Hall–Kier alpha value is -3.18. The maximum atomic E-state index is 14.2. The molecule has 0 unspecified atom stereocenters. The van der Waals surface area contributed by atoms with E-state index in [1.807, 2.05) is 0 Å². The van der Waals surface area contributed by atoms with E-state index in [9.17, 15) is 26.3 Å². The van der Waals surface area contributed by atoms with Gasteiger partial charge in [-0.1, -0.05) is 15.9 Å². The number of anilines is 1. The van der Waals surface area contributed by atoms with Crippen LogP contribution in [0.5, 0.6) is 11.5 Å². The van der Waals surface area contributed by atoms with Crippen molar-refractivity contribution in [1.29, 1.82) is 10.5 Å². The van der Waals surface area contributed by atoms with Gasteiger partial charge in [0, 0.05) is 10.7 Å². The van der Waals surface area contributed by atoms with E-state index >= 15 is 0 Å². The number of nitrogens with one attached hydrogen (secondary N) is 1. The predicted molar refractivity (Wildman–Crippen MR) is 88.5 cm³/mol. The van der Waals surface area contributed by atoms with Gasteiger partial charge in [0.05, 0.1) is 5.56 Å². The zero-order valence-electron chi connectivity index (χ0n) is 13.3. The third-order valence-electron chi connectivity index (χ3n) is 3.16. The number of benzene rings is 2. The average Bonchev–Trinajstić information content (AvgIpc) is 2.59. The molecule has 0 atom stereocenters. The molecule has 0 saturated carbocycles. The maximum absolute atomic E-state index is 14.2. The summed E-state index contributed by atoms with van der Waals surface area (Å²) in [5, 5.41) is 19.6. The van der Waals surface area contributed by atoms with Gasteiger partial charge in [-0.15, -0.1) is 0 Å². The number of nitrogens with zero attached hydrogens (tertiary/aromatic N) is 2. The first-order valence-electron chi connectivity index (χ1n) is 7.07. The second-order valence-electron chi connectivity index (χ2n) is 5.06. The summed E-state index contributed by atoms with van der Waals surface area (Å²) in [6.07, 6.45) is -4.16. The zero-order valence-corrected chi connectivity index (χ0v) is 14.9. The van der Waals surface area contributed by atoms with Crippen molar-refractivity contribution >= 4 is 21.6 Å². The Morgan fingerprint density at radius 3 is 2.07 bits per heavy atom. The Labute approximate surface area is 162 Å². The van der Waals surface area contributed by atoms with E-state index in [1.54, 1.807) is 0 Å². The van der Waals surface area contributed by atoms with Crippen LogP contribution < -0.4 is 10.1 Å². The average molecular weight is 462 g/mol. The van der Waals surface area contributed by atoms with Gasteiger partial charge >= 0.3 is 6.18 Å². The standard InChI is InChI=1S/C17H6BrF6N3O/c18-10-3-11(19)15(27-7-8(5-25)6-26)14(4-10)28-16-12(20)1-9(2-13(16)21)17(22,23)24/h1-4,7,27H. The number of hydrogen-bond acceptors (Lipinski definition) is 4. The fourth-order valence-corrected chi connectivity index (χ4v) is 2.34. The van der Waals surface area contributed by atoms with Crippen molar-refractivity contribution < 1.29 is 31.1 Å². The van der Waals surface area contributed by atoms with Crippen LogP contribution in [0.1, 0.15) is 5.56 Å². The van der Waals surface area contributed by atoms with Crippen LogP contribution in [0.4, 0.5) is 32.0 Å². The van der Waals surface area contributed by atoms with E-state index in [2.05, 4.69) is 21.2 Å². The smallest absolute Gasteiger partial charge is 0.416 e. The number of hydrogen-bond donors (Lipinski definition) is 1. The fourth-order valence-electron chi connectivity index (χ4n) is 1.94. The molecule has 0 saturated heterocycles. The van der Waals surface area contributed by atoms with Crippen LogP contribution in [-0.4, -0.2) is 0 Å². The zero-order chi connectivity index (χ0) is 21.1. The quantitative estimate of drug-likeness (QED) is 0.446. The highest BCUT2D eigenvalue weighted by Gasteiger charge is 2.33. The highest BCUT2D eigenvalue weighted by molar-refractivity contribution is 9.10. The molecular weight excluding hydrogens is 456 g/mol. The van der Waals surface area contributed by atoms with Crippen LogP contribution >= 0.6 is 15.9 Å². The van der Waals surface area contributed by atoms with Crippen molar-refractivity contribution in [3.63, 3.8) is 0 Å². The lowest BCUT2D eigenvalue weighted by molar-refractivity contribution is -0.138. The minimum Gasteiger partial charge on any atom is -0.449 e. The van der Waals surface area contributed by atoms with Gasteiger partial charge in [-0.3, -0.25) is 0 Å². The van der Waals surface area contributed by atoms with Gasteiger partial charge in [-0.2, -0.15) is 23.7 Å². The van der Waals surface area contributed by atoms with Crippen molar-refractivity contribution in [2.75, 3.05) is 5.32 Å². The van der Waals surface area contributed by atoms with Crippen molar-refractivity contribution in [1.82, 2.24) is 0 Å². The second kappa shape index (κ2) is 8.23. The molecule has 11 heteroatoms. The summed E-state index contributed by atoms with van der Waals surface area (Å²) in [4.78, 5) is 0. The van der Waals surface area contributed by atoms with Gasteiger partial charge in [0.1, 0.15) is 23.4 Å². The minimum absolute atomic E-state index is 0.0310. The van der Waals surface area contributed by atoms with Crippen molar-refractivity contribution in [3.05, 3.63) is 63.5 Å². The summed E-state index contributed by atoms with van der Waals surface area (Å²) in [7, 11) is 0. The number of allylic oxidation sites excluding steroid dienone is 1. The lowest BCUT2D eigenvalue weighted by atomic mass is 10.2. The predicted octanol–water partition coefficient (Wildman–Crippen LogP) is 6.02. The van der Waals surface area contributed by atoms with E-state index in [0.717, 1.165) is 18.3 Å². The van der Waals surface area contributed by atoms with Crippen molar-refractivity contribution in [3.8, 4) is 23.6 Å². The van der Waals surface area contributed by atoms with Gasteiger partial charge in [0.15, 0.2) is 29.0 Å². The van der Waals surface area contributed by atoms with Gasteiger partial charge in [0.25, 0.3) is 0 Å². The number of halogens is 7. The van der Waals surface area contributed by atoms with Gasteiger partial charge in [-0.05, 0) is 24.3 Å². The fraction of sp³-hybridized carbons (Fsp3) is 0.0588.